The molecule has 5 nitrogen and oxygen atoms in total. The third kappa shape index (κ3) is 3.87. The lowest BCUT2D eigenvalue weighted by Gasteiger charge is -2.09. The highest BCUT2D eigenvalue weighted by Crippen LogP contribution is 2.21. The Balaban J connectivity index is 2.19. The monoisotopic (exact) mass is 391 g/mol. The van der Waals surface area contributed by atoms with Gasteiger partial charge in [-0.25, -0.2) is 0 Å². The molecule has 0 unspecified atom stereocenters. The molecule has 1 N–H and O–H groups in total. The van der Waals surface area contributed by atoms with E-state index in [0.717, 1.165) is 21.6 Å². The SMILES string of the molecule is CC(C)CNCc1nnnn1-c1ccc(Cl)cc1I. The molecule has 0 aliphatic carbocycles. The highest BCUT2D eigenvalue weighted by atomic mass is 127. The molecule has 1 aromatic heterocycles. The van der Waals surface area contributed by atoms with Crippen LogP contribution in [0, 0.1) is 9.49 Å². The van der Waals surface area contributed by atoms with Crippen molar-refractivity contribution in [1.29, 1.82) is 0 Å². The highest BCUT2D eigenvalue weighted by molar-refractivity contribution is 14.1. The fourth-order valence-corrected chi connectivity index (χ4v) is 2.73. The number of aromatic nitrogens is 4. The summed E-state index contributed by atoms with van der Waals surface area (Å²) in [5, 5.41) is 15.9. The predicted molar refractivity (Wildman–Crippen MR) is 83.4 cm³/mol. The van der Waals surface area contributed by atoms with Gasteiger partial charge in [0, 0.05) is 8.59 Å². The number of nitrogens with one attached hydrogen (secondary N) is 1. The minimum atomic E-state index is 0.597. The van der Waals surface area contributed by atoms with Gasteiger partial charge in [0.15, 0.2) is 5.82 Å². The van der Waals surface area contributed by atoms with E-state index in [1.807, 2.05) is 18.2 Å². The number of tetrazole rings is 1. The molecule has 0 radical (unpaired) electrons. The van der Waals surface area contributed by atoms with Crippen molar-refractivity contribution in [3.8, 4) is 5.69 Å². The molecule has 0 fully saturated rings. The van der Waals surface area contributed by atoms with Crippen molar-refractivity contribution in [3.63, 3.8) is 0 Å². The van der Waals surface area contributed by atoms with Gasteiger partial charge in [-0.15, -0.1) is 5.10 Å². The smallest absolute Gasteiger partial charge is 0.170 e. The summed E-state index contributed by atoms with van der Waals surface area (Å²) in [6, 6.07) is 5.66. The summed E-state index contributed by atoms with van der Waals surface area (Å²) < 4.78 is 2.76. The summed E-state index contributed by atoms with van der Waals surface area (Å²) in [6.45, 7) is 5.91. The van der Waals surface area contributed by atoms with Gasteiger partial charge >= 0.3 is 0 Å². The number of benzene rings is 1. The predicted octanol–water partition coefficient (Wildman–Crippen LogP) is 2.67. The van der Waals surface area contributed by atoms with Crippen LogP contribution < -0.4 is 5.32 Å². The zero-order valence-electron chi connectivity index (χ0n) is 10.8. The average molecular weight is 392 g/mol. The van der Waals surface area contributed by atoms with Crippen molar-refractivity contribution in [2.45, 2.75) is 20.4 Å². The normalized spacial score (nSPS) is 11.2. The Bertz CT molecular complexity index is 555. The van der Waals surface area contributed by atoms with Gasteiger partial charge in [-0.2, -0.15) is 4.68 Å². The van der Waals surface area contributed by atoms with Gasteiger partial charge in [0.05, 0.1) is 12.2 Å². The summed E-state index contributed by atoms with van der Waals surface area (Å²) in [7, 11) is 0. The molecule has 0 saturated carbocycles. The van der Waals surface area contributed by atoms with E-state index < -0.39 is 0 Å². The maximum atomic E-state index is 5.96. The lowest BCUT2D eigenvalue weighted by atomic mass is 10.2. The zero-order chi connectivity index (χ0) is 13.8. The van der Waals surface area contributed by atoms with E-state index in [9.17, 15) is 0 Å². The molecule has 7 heteroatoms. The maximum absolute atomic E-state index is 5.96. The molecule has 1 aromatic carbocycles. The van der Waals surface area contributed by atoms with Gasteiger partial charge in [0.25, 0.3) is 0 Å². The number of halogens is 2. The summed E-state index contributed by atoms with van der Waals surface area (Å²) in [4.78, 5) is 0. The minimum absolute atomic E-state index is 0.597. The summed E-state index contributed by atoms with van der Waals surface area (Å²) >= 11 is 8.19. The second-order valence-corrected chi connectivity index (χ2v) is 6.23. The highest BCUT2D eigenvalue weighted by Gasteiger charge is 2.11. The van der Waals surface area contributed by atoms with Crippen LogP contribution >= 0.6 is 34.2 Å². The molecule has 2 aromatic rings. The molecule has 0 saturated heterocycles. The molecule has 19 heavy (non-hydrogen) atoms. The van der Waals surface area contributed by atoms with Gasteiger partial charge in [-0.1, -0.05) is 25.4 Å². The van der Waals surface area contributed by atoms with Crippen LogP contribution in [-0.2, 0) is 6.54 Å². The topological polar surface area (TPSA) is 55.6 Å². The minimum Gasteiger partial charge on any atom is -0.310 e. The van der Waals surface area contributed by atoms with Crippen molar-refractivity contribution in [2.75, 3.05) is 6.54 Å². The van der Waals surface area contributed by atoms with Crippen molar-refractivity contribution >= 4 is 34.2 Å². The van der Waals surface area contributed by atoms with E-state index in [-0.39, 0.29) is 0 Å². The molecular formula is C12H15ClIN5. The Labute approximate surface area is 130 Å². The Morgan fingerprint density at radius 2 is 2.21 bits per heavy atom. The van der Waals surface area contributed by atoms with Crippen LogP contribution in [0.15, 0.2) is 18.2 Å². The van der Waals surface area contributed by atoms with Gasteiger partial charge in [-0.05, 0) is 63.7 Å². The molecule has 0 atom stereocenters. The molecule has 0 aliphatic heterocycles. The maximum Gasteiger partial charge on any atom is 0.170 e. The molecule has 102 valence electrons. The molecule has 0 aliphatic rings. The standard InChI is InChI=1S/C12H15ClIN5/c1-8(2)6-15-7-12-16-17-18-19(12)11-4-3-9(13)5-10(11)14/h3-5,8,15H,6-7H2,1-2H3. The van der Waals surface area contributed by atoms with Crippen molar-refractivity contribution in [3.05, 3.63) is 32.6 Å². The lowest BCUT2D eigenvalue weighted by molar-refractivity contribution is 0.537. The Hall–Kier alpha value is -0.730. The summed E-state index contributed by atoms with van der Waals surface area (Å²) in [6.07, 6.45) is 0. The van der Waals surface area contributed by atoms with Crippen LogP contribution in [0.25, 0.3) is 5.69 Å². The van der Waals surface area contributed by atoms with E-state index in [4.69, 9.17) is 11.6 Å². The fourth-order valence-electron chi connectivity index (χ4n) is 1.63. The van der Waals surface area contributed by atoms with Crippen LogP contribution in [0.5, 0.6) is 0 Å². The number of hydrogen-bond donors (Lipinski definition) is 1. The second kappa shape index (κ2) is 6.62. The fraction of sp³-hybridized carbons (Fsp3) is 0.417. The first kappa shape index (κ1) is 14.7. The van der Waals surface area contributed by atoms with Gasteiger partial charge in [-0.3, -0.25) is 0 Å². The van der Waals surface area contributed by atoms with Crippen LogP contribution in [0.1, 0.15) is 19.7 Å². The number of nitrogens with zero attached hydrogens (tertiary/aromatic N) is 4. The summed E-state index contributed by atoms with van der Waals surface area (Å²) in [5.74, 6) is 1.39. The Morgan fingerprint density at radius 1 is 1.42 bits per heavy atom. The second-order valence-electron chi connectivity index (χ2n) is 4.63. The van der Waals surface area contributed by atoms with Crippen LogP contribution in [-0.4, -0.2) is 26.8 Å². The van der Waals surface area contributed by atoms with Crippen molar-refractivity contribution in [2.24, 2.45) is 5.92 Å². The van der Waals surface area contributed by atoms with Crippen LogP contribution in [0.4, 0.5) is 0 Å². The lowest BCUT2D eigenvalue weighted by Crippen LogP contribution is -2.21. The average Bonchev–Trinajstić information content (AvgIpc) is 2.77. The van der Waals surface area contributed by atoms with E-state index in [0.29, 0.717) is 17.5 Å². The van der Waals surface area contributed by atoms with Crippen molar-refractivity contribution < 1.29 is 0 Å². The first-order chi connectivity index (χ1) is 9.08. The molecule has 2 rings (SSSR count). The largest absolute Gasteiger partial charge is 0.310 e. The third-order valence-electron chi connectivity index (χ3n) is 2.51. The molecule has 0 amide bonds. The zero-order valence-corrected chi connectivity index (χ0v) is 13.7. The first-order valence-corrected chi connectivity index (χ1v) is 7.47. The number of hydrogen-bond acceptors (Lipinski definition) is 4. The van der Waals surface area contributed by atoms with Crippen molar-refractivity contribution in [1.82, 2.24) is 25.5 Å². The Morgan fingerprint density at radius 3 is 2.89 bits per heavy atom. The molecule has 0 bridgehead atoms. The quantitative estimate of drug-likeness (QED) is 0.796. The van der Waals surface area contributed by atoms with Crippen LogP contribution in [0.3, 0.4) is 0 Å². The molecule has 1 heterocycles. The molecular weight excluding hydrogens is 377 g/mol. The Kier molecular flexibility index (Phi) is 5.12. The van der Waals surface area contributed by atoms with Crippen LogP contribution in [0.2, 0.25) is 5.02 Å². The van der Waals surface area contributed by atoms with E-state index in [1.165, 1.54) is 0 Å². The van der Waals surface area contributed by atoms with E-state index in [1.54, 1.807) is 4.68 Å². The number of rotatable bonds is 5. The first-order valence-electron chi connectivity index (χ1n) is 6.01. The summed E-state index contributed by atoms with van der Waals surface area (Å²) in [5.41, 5.74) is 0.941. The van der Waals surface area contributed by atoms with Gasteiger partial charge < -0.3 is 5.32 Å². The van der Waals surface area contributed by atoms with E-state index >= 15 is 0 Å². The molecule has 0 spiro atoms. The van der Waals surface area contributed by atoms with Gasteiger partial charge in [0.2, 0.25) is 0 Å². The van der Waals surface area contributed by atoms with E-state index in [2.05, 4.69) is 57.3 Å². The third-order valence-corrected chi connectivity index (χ3v) is 3.61. The van der Waals surface area contributed by atoms with Gasteiger partial charge in [0.1, 0.15) is 0 Å².